The van der Waals surface area contributed by atoms with E-state index >= 15 is 0 Å². The zero-order chi connectivity index (χ0) is 16.3. The molecule has 0 aromatic carbocycles. The van der Waals surface area contributed by atoms with Crippen LogP contribution in [0.2, 0.25) is 0 Å². The molecule has 1 saturated heterocycles. The first-order valence-corrected chi connectivity index (χ1v) is 7.66. The van der Waals surface area contributed by atoms with Crippen molar-refractivity contribution in [3.8, 4) is 0 Å². The summed E-state index contributed by atoms with van der Waals surface area (Å²) in [5.41, 5.74) is 0.268. The molecule has 2 heterocycles. The number of morpholine rings is 1. The average Bonchev–Trinajstić information content (AvgIpc) is 2.46. The molecule has 22 heavy (non-hydrogen) atoms. The first-order chi connectivity index (χ1) is 10.4. The quantitative estimate of drug-likeness (QED) is 0.816. The molecule has 2 rings (SSSR count). The van der Waals surface area contributed by atoms with Gasteiger partial charge in [-0.2, -0.15) is 0 Å². The van der Waals surface area contributed by atoms with Crippen LogP contribution >= 0.6 is 0 Å². The SMILES string of the molecule is C[C@@H]1CN(CCN(C)C(=O)c2ccn(C)c(=O)c2)C[C@H](C)O1. The van der Waals surface area contributed by atoms with Gasteiger partial charge in [-0.3, -0.25) is 14.5 Å². The number of carbonyl (C=O) groups excluding carboxylic acids is 1. The lowest BCUT2D eigenvalue weighted by atomic mass is 10.2. The van der Waals surface area contributed by atoms with E-state index in [4.69, 9.17) is 4.74 Å². The minimum absolute atomic E-state index is 0.118. The Labute approximate surface area is 131 Å². The van der Waals surface area contributed by atoms with Gasteiger partial charge >= 0.3 is 0 Å². The standard InChI is InChI=1S/C16H25N3O3/c1-12-10-19(11-13(2)22-12)8-7-18(4)16(21)14-5-6-17(3)15(20)9-14/h5-6,9,12-13H,7-8,10-11H2,1-4H3/t12-,13+. The molecule has 0 unspecified atom stereocenters. The summed E-state index contributed by atoms with van der Waals surface area (Å²) in [7, 11) is 3.44. The molecule has 6 heteroatoms. The van der Waals surface area contributed by atoms with Gasteiger partial charge < -0.3 is 14.2 Å². The first-order valence-electron chi connectivity index (χ1n) is 7.66. The summed E-state index contributed by atoms with van der Waals surface area (Å²) in [5, 5.41) is 0. The van der Waals surface area contributed by atoms with Gasteiger partial charge in [0.05, 0.1) is 12.2 Å². The highest BCUT2D eigenvalue weighted by molar-refractivity contribution is 5.93. The smallest absolute Gasteiger partial charge is 0.253 e. The van der Waals surface area contributed by atoms with E-state index in [2.05, 4.69) is 18.7 Å². The Morgan fingerprint density at radius 3 is 2.59 bits per heavy atom. The van der Waals surface area contributed by atoms with Gasteiger partial charge in [0, 0.05) is 58.1 Å². The molecule has 6 nitrogen and oxygen atoms in total. The van der Waals surface area contributed by atoms with Crippen LogP contribution in [0.4, 0.5) is 0 Å². The van der Waals surface area contributed by atoms with Crippen molar-refractivity contribution < 1.29 is 9.53 Å². The third kappa shape index (κ3) is 4.18. The van der Waals surface area contributed by atoms with Crippen molar-refractivity contribution in [2.75, 3.05) is 33.2 Å². The van der Waals surface area contributed by atoms with Gasteiger partial charge in [-0.05, 0) is 19.9 Å². The highest BCUT2D eigenvalue weighted by Crippen LogP contribution is 2.10. The van der Waals surface area contributed by atoms with Gasteiger partial charge in [-0.25, -0.2) is 0 Å². The van der Waals surface area contributed by atoms with Gasteiger partial charge in [-0.1, -0.05) is 0 Å². The van der Waals surface area contributed by atoms with E-state index in [9.17, 15) is 9.59 Å². The van der Waals surface area contributed by atoms with Gasteiger partial charge in [0.1, 0.15) is 0 Å². The van der Waals surface area contributed by atoms with Crippen LogP contribution in [-0.4, -0.2) is 65.7 Å². The maximum atomic E-state index is 12.3. The number of pyridine rings is 1. The molecule has 1 fully saturated rings. The highest BCUT2D eigenvalue weighted by atomic mass is 16.5. The molecule has 0 bridgehead atoms. The van der Waals surface area contributed by atoms with E-state index in [1.54, 1.807) is 31.3 Å². The first kappa shape index (κ1) is 16.7. The number of hydrogen-bond acceptors (Lipinski definition) is 4. The second-order valence-corrected chi connectivity index (χ2v) is 6.11. The van der Waals surface area contributed by atoms with E-state index in [1.807, 2.05) is 0 Å². The molecule has 0 radical (unpaired) electrons. The molecule has 122 valence electrons. The lowest BCUT2D eigenvalue weighted by Gasteiger charge is -2.36. The Morgan fingerprint density at radius 2 is 2.00 bits per heavy atom. The molecule has 1 aliphatic heterocycles. The topological polar surface area (TPSA) is 54.8 Å². The van der Waals surface area contributed by atoms with Crippen molar-refractivity contribution in [3.05, 3.63) is 34.2 Å². The number of carbonyl (C=O) groups is 1. The third-order valence-corrected chi connectivity index (χ3v) is 3.94. The molecular formula is C16H25N3O3. The maximum Gasteiger partial charge on any atom is 0.253 e. The molecule has 0 spiro atoms. The molecule has 0 saturated carbocycles. The number of aromatic nitrogens is 1. The van der Waals surface area contributed by atoms with Crippen molar-refractivity contribution in [1.82, 2.24) is 14.4 Å². The maximum absolute atomic E-state index is 12.3. The van der Waals surface area contributed by atoms with Gasteiger partial charge in [0.25, 0.3) is 11.5 Å². The molecule has 2 atom stereocenters. The van der Waals surface area contributed by atoms with Crippen molar-refractivity contribution in [1.29, 1.82) is 0 Å². The van der Waals surface area contributed by atoms with Crippen LogP contribution in [0.3, 0.4) is 0 Å². The zero-order valence-electron chi connectivity index (χ0n) is 13.8. The summed E-state index contributed by atoms with van der Waals surface area (Å²) in [4.78, 5) is 27.9. The fourth-order valence-corrected chi connectivity index (χ4v) is 2.76. The van der Waals surface area contributed by atoms with Crippen molar-refractivity contribution in [2.24, 2.45) is 7.05 Å². The Kier molecular flexibility index (Phi) is 5.37. The molecule has 1 aromatic heterocycles. The van der Waals surface area contributed by atoms with Crippen LogP contribution in [0.5, 0.6) is 0 Å². The van der Waals surface area contributed by atoms with E-state index in [-0.39, 0.29) is 23.7 Å². The second-order valence-electron chi connectivity index (χ2n) is 6.11. The molecule has 0 N–H and O–H groups in total. The molecule has 1 amide bonds. The number of ether oxygens (including phenoxy) is 1. The summed E-state index contributed by atoms with van der Waals surface area (Å²) in [6, 6.07) is 3.07. The lowest BCUT2D eigenvalue weighted by molar-refractivity contribution is -0.0685. The van der Waals surface area contributed by atoms with Crippen molar-refractivity contribution in [2.45, 2.75) is 26.1 Å². The summed E-state index contributed by atoms with van der Waals surface area (Å²) in [5.74, 6) is -0.118. The molecule has 1 aliphatic rings. The van der Waals surface area contributed by atoms with E-state index < -0.39 is 0 Å². The third-order valence-electron chi connectivity index (χ3n) is 3.94. The summed E-state index contributed by atoms with van der Waals surface area (Å²) in [6.45, 7) is 7.35. The molecular weight excluding hydrogens is 282 g/mol. The number of rotatable bonds is 4. The Balaban J connectivity index is 1.91. The second kappa shape index (κ2) is 7.07. The summed E-state index contributed by atoms with van der Waals surface area (Å²) >= 11 is 0. The van der Waals surface area contributed by atoms with E-state index in [0.717, 1.165) is 19.6 Å². The van der Waals surface area contributed by atoms with Crippen molar-refractivity contribution in [3.63, 3.8) is 0 Å². The van der Waals surface area contributed by atoms with Crippen LogP contribution in [0.1, 0.15) is 24.2 Å². The predicted octanol–water partition coefficient (Wildman–Crippen LogP) is 0.567. The monoisotopic (exact) mass is 307 g/mol. The fourth-order valence-electron chi connectivity index (χ4n) is 2.76. The van der Waals surface area contributed by atoms with E-state index in [0.29, 0.717) is 12.1 Å². The average molecular weight is 307 g/mol. The normalized spacial score (nSPS) is 22.5. The Morgan fingerprint density at radius 1 is 1.36 bits per heavy atom. The Bertz CT molecular complexity index is 574. The summed E-state index contributed by atoms with van der Waals surface area (Å²) in [6.07, 6.45) is 2.07. The van der Waals surface area contributed by atoms with Crippen LogP contribution in [0.25, 0.3) is 0 Å². The van der Waals surface area contributed by atoms with Crippen LogP contribution in [0.15, 0.2) is 23.1 Å². The molecule has 0 aliphatic carbocycles. The summed E-state index contributed by atoms with van der Waals surface area (Å²) < 4.78 is 7.16. The van der Waals surface area contributed by atoms with Gasteiger partial charge in [0.2, 0.25) is 0 Å². The van der Waals surface area contributed by atoms with Gasteiger partial charge in [-0.15, -0.1) is 0 Å². The Hall–Kier alpha value is -1.66. The zero-order valence-corrected chi connectivity index (χ0v) is 13.8. The van der Waals surface area contributed by atoms with E-state index in [1.165, 1.54) is 10.6 Å². The number of amides is 1. The van der Waals surface area contributed by atoms with Crippen LogP contribution in [0, 0.1) is 0 Å². The number of aryl methyl sites for hydroxylation is 1. The predicted molar refractivity (Wildman–Crippen MR) is 85.1 cm³/mol. The fraction of sp³-hybridized carbons (Fsp3) is 0.625. The number of likely N-dealkylation sites (N-methyl/N-ethyl adjacent to an activating group) is 1. The minimum atomic E-state index is -0.171. The van der Waals surface area contributed by atoms with Gasteiger partial charge in [0.15, 0.2) is 0 Å². The number of nitrogens with zero attached hydrogens (tertiary/aromatic N) is 3. The lowest BCUT2D eigenvalue weighted by Crippen LogP contribution is -2.48. The molecule has 1 aromatic rings. The minimum Gasteiger partial charge on any atom is -0.373 e. The largest absolute Gasteiger partial charge is 0.373 e. The van der Waals surface area contributed by atoms with Crippen LogP contribution in [-0.2, 0) is 11.8 Å². The highest BCUT2D eigenvalue weighted by Gasteiger charge is 2.22. The van der Waals surface area contributed by atoms with Crippen LogP contribution < -0.4 is 5.56 Å². The number of hydrogen-bond donors (Lipinski definition) is 0. The van der Waals surface area contributed by atoms with Crippen molar-refractivity contribution >= 4 is 5.91 Å².